The molecule has 2 N–H and O–H groups in total. The maximum Gasteiger partial charge on any atom is 0.210 e. The topological polar surface area (TPSA) is 84.4 Å². The molecule has 0 saturated carbocycles. The van der Waals surface area contributed by atoms with Gasteiger partial charge in [0.25, 0.3) is 0 Å². The lowest BCUT2D eigenvalue weighted by Gasteiger charge is -2.10. The molecular weight excluding hydrogens is 376 g/mol. The van der Waals surface area contributed by atoms with Crippen molar-refractivity contribution in [2.24, 2.45) is 0 Å². The van der Waals surface area contributed by atoms with E-state index in [1.807, 2.05) is 56.3 Å². The van der Waals surface area contributed by atoms with Crippen molar-refractivity contribution < 1.29 is 14.2 Å². The molecule has 0 aliphatic rings. The van der Waals surface area contributed by atoms with Gasteiger partial charge in [0.2, 0.25) is 5.16 Å². The molecule has 0 saturated heterocycles. The Morgan fingerprint density at radius 2 is 1.79 bits per heavy atom. The molecule has 7 nitrogen and oxygen atoms in total. The fourth-order valence-corrected chi connectivity index (χ4v) is 3.29. The summed E-state index contributed by atoms with van der Waals surface area (Å²) in [4.78, 5) is 0. The fourth-order valence-electron chi connectivity index (χ4n) is 2.47. The molecule has 0 spiro atoms. The van der Waals surface area contributed by atoms with E-state index in [0.717, 1.165) is 17.1 Å². The Balaban J connectivity index is 1.58. The van der Waals surface area contributed by atoms with E-state index >= 15 is 0 Å². The predicted octanol–water partition coefficient (Wildman–Crippen LogP) is 3.66. The first-order chi connectivity index (χ1) is 13.5. The van der Waals surface area contributed by atoms with Crippen molar-refractivity contribution in [3.8, 4) is 17.2 Å². The minimum Gasteiger partial charge on any atom is -0.497 e. The van der Waals surface area contributed by atoms with Gasteiger partial charge in [-0.05, 0) is 43.7 Å². The molecule has 2 aromatic carbocycles. The number of hydrogen-bond donors (Lipinski definition) is 1. The van der Waals surface area contributed by atoms with Crippen LogP contribution < -0.4 is 20.1 Å². The SMILES string of the molecule is COc1cccc(OCc2nnc(SCc3cccc(OC(C)C)c3)n2N)c1. The standard InChI is InChI=1S/C20H24N4O3S/c1-14(2)27-18-9-4-6-15(10-18)13-28-20-23-22-19(24(20)21)12-26-17-8-5-7-16(11-17)25-3/h4-11,14H,12-13,21H2,1-3H3. The number of nitrogens with zero attached hydrogens (tertiary/aromatic N) is 3. The zero-order valence-corrected chi connectivity index (χ0v) is 17.0. The average Bonchev–Trinajstić information content (AvgIpc) is 3.04. The first-order valence-electron chi connectivity index (χ1n) is 8.89. The van der Waals surface area contributed by atoms with Gasteiger partial charge in [0.15, 0.2) is 5.82 Å². The molecule has 8 heteroatoms. The number of thioether (sulfide) groups is 1. The van der Waals surface area contributed by atoms with Crippen LogP contribution in [-0.4, -0.2) is 28.1 Å². The molecule has 0 aliphatic heterocycles. The fraction of sp³-hybridized carbons (Fsp3) is 0.300. The van der Waals surface area contributed by atoms with E-state index in [2.05, 4.69) is 10.2 Å². The van der Waals surface area contributed by atoms with E-state index < -0.39 is 0 Å². The summed E-state index contributed by atoms with van der Waals surface area (Å²) < 4.78 is 18.1. The van der Waals surface area contributed by atoms with Crippen molar-refractivity contribution in [1.82, 2.24) is 14.9 Å². The van der Waals surface area contributed by atoms with Crippen LogP contribution in [0.2, 0.25) is 0 Å². The number of hydrogen-bond acceptors (Lipinski definition) is 7. The summed E-state index contributed by atoms with van der Waals surface area (Å²) >= 11 is 1.51. The summed E-state index contributed by atoms with van der Waals surface area (Å²) in [5, 5.41) is 8.92. The Morgan fingerprint density at radius 3 is 2.57 bits per heavy atom. The van der Waals surface area contributed by atoms with Crippen LogP contribution >= 0.6 is 11.8 Å². The lowest BCUT2D eigenvalue weighted by molar-refractivity contribution is 0.242. The van der Waals surface area contributed by atoms with E-state index in [4.69, 9.17) is 20.1 Å². The highest BCUT2D eigenvalue weighted by Gasteiger charge is 2.12. The van der Waals surface area contributed by atoms with Gasteiger partial charge in [-0.2, -0.15) is 0 Å². The number of rotatable bonds is 9. The van der Waals surface area contributed by atoms with E-state index in [0.29, 0.717) is 22.5 Å². The van der Waals surface area contributed by atoms with Crippen molar-refractivity contribution in [2.45, 2.75) is 37.5 Å². The molecule has 3 aromatic rings. The predicted molar refractivity (Wildman–Crippen MR) is 109 cm³/mol. The molecule has 0 aliphatic carbocycles. The van der Waals surface area contributed by atoms with Gasteiger partial charge in [0.1, 0.15) is 23.9 Å². The number of ether oxygens (including phenoxy) is 3. The molecule has 0 atom stereocenters. The van der Waals surface area contributed by atoms with Gasteiger partial charge in [0.05, 0.1) is 13.2 Å². The highest BCUT2D eigenvalue weighted by molar-refractivity contribution is 7.98. The maximum atomic E-state index is 6.12. The molecule has 0 radical (unpaired) electrons. The Morgan fingerprint density at radius 1 is 1.04 bits per heavy atom. The molecule has 0 bridgehead atoms. The minimum atomic E-state index is 0.141. The number of nitrogen functional groups attached to an aromatic ring is 1. The Hall–Kier alpha value is -2.87. The highest BCUT2D eigenvalue weighted by atomic mass is 32.2. The first-order valence-corrected chi connectivity index (χ1v) is 9.88. The molecule has 3 rings (SSSR count). The third-order valence-electron chi connectivity index (χ3n) is 3.78. The van der Waals surface area contributed by atoms with Crippen molar-refractivity contribution in [1.29, 1.82) is 0 Å². The van der Waals surface area contributed by atoms with Gasteiger partial charge in [-0.15, -0.1) is 10.2 Å². The van der Waals surface area contributed by atoms with Gasteiger partial charge in [-0.25, -0.2) is 4.68 Å². The molecule has 0 fully saturated rings. The summed E-state index contributed by atoms with van der Waals surface area (Å²) in [7, 11) is 1.61. The number of methoxy groups -OCH3 is 1. The third-order valence-corrected chi connectivity index (χ3v) is 4.80. The average molecular weight is 401 g/mol. The monoisotopic (exact) mass is 400 g/mol. The summed E-state index contributed by atoms with van der Waals surface area (Å²) in [5.74, 6) is 9.64. The minimum absolute atomic E-state index is 0.141. The van der Waals surface area contributed by atoms with Gasteiger partial charge in [-0.1, -0.05) is 30.0 Å². The van der Waals surface area contributed by atoms with Crippen molar-refractivity contribution in [3.05, 3.63) is 59.9 Å². The summed E-state index contributed by atoms with van der Waals surface area (Å²) in [6, 6.07) is 15.4. The Kier molecular flexibility index (Phi) is 6.65. The highest BCUT2D eigenvalue weighted by Crippen LogP contribution is 2.24. The van der Waals surface area contributed by atoms with Crippen LogP contribution in [0.25, 0.3) is 0 Å². The van der Waals surface area contributed by atoms with Crippen LogP contribution in [0.1, 0.15) is 25.2 Å². The second kappa shape index (κ2) is 9.36. The van der Waals surface area contributed by atoms with E-state index in [1.54, 1.807) is 13.2 Å². The van der Waals surface area contributed by atoms with E-state index in [-0.39, 0.29) is 12.7 Å². The van der Waals surface area contributed by atoms with Crippen molar-refractivity contribution in [3.63, 3.8) is 0 Å². The van der Waals surface area contributed by atoms with E-state index in [1.165, 1.54) is 16.4 Å². The molecule has 0 unspecified atom stereocenters. The van der Waals surface area contributed by atoms with Crippen LogP contribution in [0.15, 0.2) is 53.7 Å². The molecule has 1 aromatic heterocycles. The van der Waals surface area contributed by atoms with Crippen molar-refractivity contribution in [2.75, 3.05) is 13.0 Å². The van der Waals surface area contributed by atoms with Crippen LogP contribution in [0, 0.1) is 0 Å². The van der Waals surface area contributed by atoms with Gasteiger partial charge in [0, 0.05) is 11.8 Å². The molecule has 0 amide bonds. The zero-order valence-electron chi connectivity index (χ0n) is 16.2. The number of benzene rings is 2. The second-order valence-electron chi connectivity index (χ2n) is 6.34. The largest absolute Gasteiger partial charge is 0.497 e. The zero-order chi connectivity index (χ0) is 19.9. The number of aromatic nitrogens is 3. The summed E-state index contributed by atoms with van der Waals surface area (Å²) in [5.41, 5.74) is 1.13. The Labute approximate surface area is 168 Å². The van der Waals surface area contributed by atoms with Crippen LogP contribution in [0.3, 0.4) is 0 Å². The second-order valence-corrected chi connectivity index (χ2v) is 7.28. The van der Waals surface area contributed by atoms with Gasteiger partial charge in [-0.3, -0.25) is 0 Å². The number of nitrogens with two attached hydrogens (primary N) is 1. The quantitative estimate of drug-likeness (QED) is 0.433. The smallest absolute Gasteiger partial charge is 0.210 e. The van der Waals surface area contributed by atoms with Crippen LogP contribution in [0.4, 0.5) is 0 Å². The van der Waals surface area contributed by atoms with Crippen LogP contribution in [0.5, 0.6) is 17.2 Å². The van der Waals surface area contributed by atoms with Gasteiger partial charge < -0.3 is 20.1 Å². The lowest BCUT2D eigenvalue weighted by Crippen LogP contribution is -2.15. The lowest BCUT2D eigenvalue weighted by atomic mass is 10.2. The van der Waals surface area contributed by atoms with Gasteiger partial charge >= 0.3 is 0 Å². The van der Waals surface area contributed by atoms with Crippen molar-refractivity contribution >= 4 is 11.8 Å². The molecule has 1 heterocycles. The first kappa shape index (κ1) is 19.9. The summed E-state index contributed by atoms with van der Waals surface area (Å²) in [6.45, 7) is 4.23. The van der Waals surface area contributed by atoms with Crippen LogP contribution in [-0.2, 0) is 12.4 Å². The normalized spacial score (nSPS) is 10.9. The van der Waals surface area contributed by atoms with E-state index in [9.17, 15) is 0 Å². The Bertz CT molecular complexity index is 914. The molecular formula is C20H24N4O3S. The third kappa shape index (κ3) is 5.32. The maximum absolute atomic E-state index is 6.12. The summed E-state index contributed by atoms with van der Waals surface area (Å²) in [6.07, 6.45) is 0.141. The molecule has 28 heavy (non-hydrogen) atoms. The molecule has 148 valence electrons.